The van der Waals surface area contributed by atoms with Gasteiger partial charge >= 0.3 is 0 Å². The van der Waals surface area contributed by atoms with Gasteiger partial charge in [0.15, 0.2) is 0 Å². The molecule has 0 aromatic rings. The first-order chi connectivity index (χ1) is 5.17. The Morgan fingerprint density at radius 3 is 3.00 bits per heavy atom. The Labute approximate surface area is 68.3 Å². The van der Waals surface area contributed by atoms with E-state index >= 15 is 0 Å². The number of hydrogen-bond acceptors (Lipinski definition) is 0. The third-order valence-corrected chi connectivity index (χ3v) is 2.42. The zero-order valence-corrected chi connectivity index (χ0v) is 7.22. The van der Waals surface area contributed by atoms with Crippen molar-refractivity contribution in [3.63, 3.8) is 0 Å². The lowest BCUT2D eigenvalue weighted by Gasteiger charge is -2.24. The molecule has 0 nitrogen and oxygen atoms in total. The van der Waals surface area contributed by atoms with Crippen molar-refractivity contribution in [1.29, 1.82) is 0 Å². The van der Waals surface area contributed by atoms with Gasteiger partial charge in [0.1, 0.15) is 0 Å². The van der Waals surface area contributed by atoms with Crippen molar-refractivity contribution in [2.75, 3.05) is 0 Å². The Balaban J connectivity index is 2.35. The first-order valence-electron chi connectivity index (χ1n) is 4.26. The summed E-state index contributed by atoms with van der Waals surface area (Å²) in [6.45, 7) is 4.59. The lowest BCUT2D eigenvalue weighted by molar-refractivity contribution is 0.478. The summed E-state index contributed by atoms with van der Waals surface area (Å²) in [7, 11) is 0. The maximum Gasteiger partial charge on any atom is -0.00912 e. The number of hydrogen-bond donors (Lipinski definition) is 0. The van der Waals surface area contributed by atoms with Crippen molar-refractivity contribution in [3.05, 3.63) is 35.5 Å². The molecule has 58 valence electrons. The second-order valence-electron chi connectivity index (χ2n) is 4.13. The van der Waals surface area contributed by atoms with Gasteiger partial charge < -0.3 is 0 Å². The van der Waals surface area contributed by atoms with E-state index in [0.29, 0.717) is 5.41 Å². The number of allylic oxidation sites excluding steroid dienone is 6. The van der Waals surface area contributed by atoms with Gasteiger partial charge in [-0.3, -0.25) is 0 Å². The van der Waals surface area contributed by atoms with Crippen molar-refractivity contribution >= 4 is 0 Å². The standard InChI is InChI=1S/C11H14/c1-11(2)7-6-9-4-3-5-10(9)8-11/h3-4,6,8H,5,7H2,1-2H3. The lowest BCUT2D eigenvalue weighted by Crippen LogP contribution is -2.10. The maximum atomic E-state index is 2.42. The van der Waals surface area contributed by atoms with Crippen LogP contribution < -0.4 is 0 Å². The largest absolute Gasteiger partial charge is 0.0795 e. The van der Waals surface area contributed by atoms with Gasteiger partial charge in [0, 0.05) is 0 Å². The zero-order valence-electron chi connectivity index (χ0n) is 7.22. The van der Waals surface area contributed by atoms with E-state index in [2.05, 4.69) is 38.2 Å². The first-order valence-corrected chi connectivity index (χ1v) is 4.26. The molecule has 0 radical (unpaired) electrons. The molecule has 0 aromatic heterocycles. The van der Waals surface area contributed by atoms with Crippen LogP contribution in [0.2, 0.25) is 0 Å². The molecular formula is C11H14. The van der Waals surface area contributed by atoms with Crippen LogP contribution in [0.3, 0.4) is 0 Å². The lowest BCUT2D eigenvalue weighted by atomic mass is 9.81. The second-order valence-corrected chi connectivity index (χ2v) is 4.13. The van der Waals surface area contributed by atoms with Crippen LogP contribution in [0.25, 0.3) is 0 Å². The van der Waals surface area contributed by atoms with Gasteiger partial charge in [-0.15, -0.1) is 0 Å². The van der Waals surface area contributed by atoms with Gasteiger partial charge in [-0.25, -0.2) is 0 Å². The van der Waals surface area contributed by atoms with E-state index in [1.807, 2.05) is 0 Å². The molecule has 0 aliphatic heterocycles. The minimum Gasteiger partial charge on any atom is -0.0795 e. The Morgan fingerprint density at radius 2 is 2.18 bits per heavy atom. The van der Waals surface area contributed by atoms with Crippen LogP contribution in [-0.4, -0.2) is 0 Å². The minimum atomic E-state index is 0.394. The van der Waals surface area contributed by atoms with Crippen molar-refractivity contribution in [2.45, 2.75) is 26.7 Å². The minimum absolute atomic E-state index is 0.394. The smallest absolute Gasteiger partial charge is 0.00912 e. The van der Waals surface area contributed by atoms with Gasteiger partial charge in [-0.2, -0.15) is 0 Å². The van der Waals surface area contributed by atoms with E-state index in [9.17, 15) is 0 Å². The highest BCUT2D eigenvalue weighted by molar-refractivity contribution is 5.49. The van der Waals surface area contributed by atoms with E-state index in [1.165, 1.54) is 17.6 Å². The number of fused-ring (bicyclic) bond motifs is 1. The molecule has 0 unspecified atom stereocenters. The summed E-state index contributed by atoms with van der Waals surface area (Å²) >= 11 is 0. The Bertz CT molecular complexity index is 262. The molecule has 0 N–H and O–H groups in total. The van der Waals surface area contributed by atoms with Crippen LogP contribution in [0.1, 0.15) is 26.7 Å². The third-order valence-electron chi connectivity index (χ3n) is 2.42. The molecule has 0 atom stereocenters. The zero-order chi connectivity index (χ0) is 7.90. The van der Waals surface area contributed by atoms with E-state index in [-0.39, 0.29) is 0 Å². The van der Waals surface area contributed by atoms with Gasteiger partial charge in [-0.1, -0.05) is 38.2 Å². The van der Waals surface area contributed by atoms with Crippen molar-refractivity contribution in [2.24, 2.45) is 5.41 Å². The summed E-state index contributed by atoms with van der Waals surface area (Å²) < 4.78 is 0. The summed E-state index contributed by atoms with van der Waals surface area (Å²) in [4.78, 5) is 0. The highest BCUT2D eigenvalue weighted by Crippen LogP contribution is 2.36. The van der Waals surface area contributed by atoms with Crippen molar-refractivity contribution in [3.8, 4) is 0 Å². The predicted octanol–water partition coefficient (Wildman–Crippen LogP) is 3.23. The van der Waals surface area contributed by atoms with E-state index in [4.69, 9.17) is 0 Å². The highest BCUT2D eigenvalue weighted by Gasteiger charge is 2.21. The van der Waals surface area contributed by atoms with Crippen LogP contribution in [-0.2, 0) is 0 Å². The maximum absolute atomic E-state index is 2.42. The van der Waals surface area contributed by atoms with Crippen LogP contribution in [0, 0.1) is 5.41 Å². The molecule has 0 fully saturated rings. The Morgan fingerprint density at radius 1 is 1.36 bits per heavy atom. The van der Waals surface area contributed by atoms with Crippen molar-refractivity contribution in [1.82, 2.24) is 0 Å². The molecule has 0 saturated carbocycles. The molecule has 0 heteroatoms. The predicted molar refractivity (Wildman–Crippen MR) is 48.3 cm³/mol. The number of rotatable bonds is 0. The third kappa shape index (κ3) is 1.18. The van der Waals surface area contributed by atoms with Gasteiger partial charge in [0.05, 0.1) is 0 Å². The molecule has 0 heterocycles. The summed E-state index contributed by atoms with van der Waals surface area (Å²) in [5, 5.41) is 0. The Hall–Kier alpha value is -0.780. The average molecular weight is 146 g/mol. The molecule has 0 spiro atoms. The van der Waals surface area contributed by atoms with Crippen LogP contribution in [0.4, 0.5) is 0 Å². The average Bonchev–Trinajstić information content (AvgIpc) is 2.31. The second kappa shape index (κ2) is 2.10. The Kier molecular flexibility index (Phi) is 1.32. The fourth-order valence-electron chi connectivity index (χ4n) is 1.78. The highest BCUT2D eigenvalue weighted by atomic mass is 14.3. The molecule has 11 heavy (non-hydrogen) atoms. The molecule has 0 saturated heterocycles. The molecule has 2 aliphatic carbocycles. The molecule has 2 aliphatic rings. The SMILES string of the molecule is CC1(C)C=C2CC=CC2=CC1. The van der Waals surface area contributed by atoms with Crippen LogP contribution in [0.5, 0.6) is 0 Å². The molecular weight excluding hydrogens is 132 g/mol. The summed E-state index contributed by atoms with van der Waals surface area (Å²) in [5.74, 6) is 0. The fraction of sp³-hybridized carbons (Fsp3) is 0.455. The van der Waals surface area contributed by atoms with Gasteiger partial charge in [0.25, 0.3) is 0 Å². The molecule has 0 bridgehead atoms. The van der Waals surface area contributed by atoms with Gasteiger partial charge in [0.2, 0.25) is 0 Å². The monoisotopic (exact) mass is 146 g/mol. The van der Waals surface area contributed by atoms with Crippen LogP contribution >= 0.6 is 0 Å². The van der Waals surface area contributed by atoms with E-state index < -0.39 is 0 Å². The summed E-state index contributed by atoms with van der Waals surface area (Å²) in [6.07, 6.45) is 11.6. The first kappa shape index (κ1) is 6.90. The van der Waals surface area contributed by atoms with E-state index in [0.717, 1.165) is 6.42 Å². The van der Waals surface area contributed by atoms with Crippen molar-refractivity contribution < 1.29 is 0 Å². The molecule has 0 aromatic carbocycles. The fourth-order valence-corrected chi connectivity index (χ4v) is 1.78. The van der Waals surface area contributed by atoms with Gasteiger partial charge in [-0.05, 0) is 29.4 Å². The van der Waals surface area contributed by atoms with E-state index in [1.54, 1.807) is 0 Å². The quantitative estimate of drug-likeness (QED) is 0.492. The molecule has 0 amide bonds. The summed E-state index contributed by atoms with van der Waals surface area (Å²) in [6, 6.07) is 0. The topological polar surface area (TPSA) is 0 Å². The van der Waals surface area contributed by atoms with Crippen LogP contribution in [0.15, 0.2) is 35.5 Å². The normalized spacial score (nSPS) is 26.0. The molecule has 2 rings (SSSR count). The summed E-state index contributed by atoms with van der Waals surface area (Å²) in [5.41, 5.74) is 3.38.